The molecule has 2 aromatic heterocycles. The summed E-state index contributed by atoms with van der Waals surface area (Å²) in [6.07, 6.45) is 6.27. The minimum atomic E-state index is -0.358. The molecule has 172 valence electrons. The minimum absolute atomic E-state index is 0.104. The fourth-order valence-corrected chi connectivity index (χ4v) is 4.86. The van der Waals surface area contributed by atoms with Gasteiger partial charge in [-0.15, -0.1) is 0 Å². The highest BCUT2D eigenvalue weighted by Gasteiger charge is 2.29. The summed E-state index contributed by atoms with van der Waals surface area (Å²) in [4.78, 5) is 47.9. The molecule has 0 saturated carbocycles. The lowest BCUT2D eigenvalue weighted by Gasteiger charge is -2.31. The lowest BCUT2D eigenvalue weighted by atomic mass is 9.95. The van der Waals surface area contributed by atoms with Crippen LogP contribution in [-0.2, 0) is 28.9 Å². The third-order valence-corrected chi connectivity index (χ3v) is 6.66. The summed E-state index contributed by atoms with van der Waals surface area (Å²) in [6.45, 7) is 2.89. The number of amides is 2. The van der Waals surface area contributed by atoms with Crippen molar-refractivity contribution in [3.8, 4) is 0 Å². The number of benzene rings is 1. The number of carbonyl (C=O) groups excluding carboxylic acids is 2. The number of pyridine rings is 1. The van der Waals surface area contributed by atoms with Crippen molar-refractivity contribution in [1.29, 1.82) is 0 Å². The van der Waals surface area contributed by atoms with E-state index in [0.29, 0.717) is 52.2 Å². The van der Waals surface area contributed by atoms with Crippen LogP contribution in [0.15, 0.2) is 41.5 Å². The molecule has 1 aromatic carbocycles. The summed E-state index contributed by atoms with van der Waals surface area (Å²) in [5.41, 5.74) is 3.83. The van der Waals surface area contributed by atoms with Crippen molar-refractivity contribution >= 4 is 22.7 Å². The Bertz CT molecular complexity index is 1240. The number of aromatic nitrogens is 2. The van der Waals surface area contributed by atoms with Gasteiger partial charge in [0.25, 0.3) is 11.5 Å². The highest BCUT2D eigenvalue weighted by molar-refractivity contribution is 5.96. The largest absolute Gasteiger partial charge is 0.378 e. The standard InChI is InChI=1S/C25H28N4O4/c30-22(7-3-4-17-14-26-21-6-2-1-5-19(17)21)29-9-8-20-18(16-29)15-27-24(31)23(20)25(32)28-10-12-33-13-11-28/h1-2,5-6,14-15,26H,3-4,7-13,16H2,(H,27,31). The Morgan fingerprint density at radius 2 is 1.82 bits per heavy atom. The van der Waals surface area contributed by atoms with Gasteiger partial charge in [-0.05, 0) is 42.0 Å². The smallest absolute Gasteiger partial charge is 0.261 e. The van der Waals surface area contributed by atoms with Crippen LogP contribution in [0, 0.1) is 0 Å². The van der Waals surface area contributed by atoms with Gasteiger partial charge in [0.05, 0.1) is 13.2 Å². The molecule has 0 bridgehead atoms. The number of para-hydroxylation sites is 1. The summed E-state index contributed by atoms with van der Waals surface area (Å²) in [5, 5.41) is 1.21. The molecular weight excluding hydrogens is 420 g/mol. The van der Waals surface area contributed by atoms with E-state index in [9.17, 15) is 14.4 Å². The number of nitrogens with one attached hydrogen (secondary N) is 2. The lowest BCUT2D eigenvalue weighted by Crippen LogP contribution is -2.44. The second-order valence-corrected chi connectivity index (χ2v) is 8.68. The van der Waals surface area contributed by atoms with E-state index in [0.717, 1.165) is 29.5 Å². The Kier molecular flexibility index (Phi) is 6.00. The second-order valence-electron chi connectivity index (χ2n) is 8.68. The highest BCUT2D eigenvalue weighted by atomic mass is 16.5. The van der Waals surface area contributed by atoms with E-state index in [1.807, 2.05) is 23.2 Å². The fourth-order valence-electron chi connectivity index (χ4n) is 4.86. The Morgan fingerprint density at radius 3 is 2.67 bits per heavy atom. The second kappa shape index (κ2) is 9.23. The van der Waals surface area contributed by atoms with E-state index in [1.54, 1.807) is 11.1 Å². The maximum absolute atomic E-state index is 13.0. The van der Waals surface area contributed by atoms with Gasteiger partial charge < -0.3 is 24.5 Å². The quantitative estimate of drug-likeness (QED) is 0.625. The van der Waals surface area contributed by atoms with Crippen LogP contribution in [0.3, 0.4) is 0 Å². The average Bonchev–Trinajstić information content (AvgIpc) is 3.27. The van der Waals surface area contributed by atoms with Crippen molar-refractivity contribution < 1.29 is 14.3 Å². The first-order chi connectivity index (χ1) is 16.1. The molecule has 1 fully saturated rings. The Labute approximate surface area is 191 Å². The van der Waals surface area contributed by atoms with Crippen molar-refractivity contribution in [2.45, 2.75) is 32.2 Å². The van der Waals surface area contributed by atoms with Gasteiger partial charge in [-0.1, -0.05) is 18.2 Å². The third kappa shape index (κ3) is 4.30. The van der Waals surface area contributed by atoms with Crippen molar-refractivity contribution in [2.75, 3.05) is 32.8 Å². The van der Waals surface area contributed by atoms with E-state index < -0.39 is 0 Å². The molecule has 8 nitrogen and oxygen atoms in total. The number of hydrogen-bond acceptors (Lipinski definition) is 4. The number of H-pyrrole nitrogens is 2. The molecule has 2 aliphatic heterocycles. The number of aryl methyl sites for hydroxylation is 1. The number of rotatable bonds is 5. The van der Waals surface area contributed by atoms with E-state index in [1.165, 1.54) is 10.9 Å². The molecule has 5 rings (SSSR count). The van der Waals surface area contributed by atoms with Gasteiger partial charge in [-0.3, -0.25) is 14.4 Å². The Morgan fingerprint density at radius 1 is 1.00 bits per heavy atom. The molecule has 0 radical (unpaired) electrons. The van der Waals surface area contributed by atoms with Crippen LogP contribution in [0.2, 0.25) is 0 Å². The molecule has 0 spiro atoms. The molecule has 0 unspecified atom stereocenters. The number of morpholine rings is 1. The number of fused-ring (bicyclic) bond motifs is 2. The first kappa shape index (κ1) is 21.5. The van der Waals surface area contributed by atoms with Crippen molar-refractivity contribution in [2.24, 2.45) is 0 Å². The summed E-state index contributed by atoms with van der Waals surface area (Å²) in [6, 6.07) is 8.19. The predicted molar refractivity (Wildman–Crippen MR) is 124 cm³/mol. The van der Waals surface area contributed by atoms with Gasteiger partial charge in [0.2, 0.25) is 5.91 Å². The zero-order valence-corrected chi connectivity index (χ0v) is 18.6. The lowest BCUT2D eigenvalue weighted by molar-refractivity contribution is -0.132. The molecule has 2 aliphatic rings. The molecule has 2 amide bonds. The Balaban J connectivity index is 1.24. The van der Waals surface area contributed by atoms with Gasteiger partial charge >= 0.3 is 0 Å². The number of nitrogens with zero attached hydrogens (tertiary/aromatic N) is 2. The van der Waals surface area contributed by atoms with Crippen LogP contribution in [0.4, 0.5) is 0 Å². The molecular formula is C25H28N4O4. The molecule has 0 aliphatic carbocycles. The SMILES string of the molecule is O=C(CCCc1c[nH]c2ccccc12)N1CCc2c(c[nH]c(=O)c2C(=O)N2CCOCC2)C1. The summed E-state index contributed by atoms with van der Waals surface area (Å²) < 4.78 is 5.32. The summed E-state index contributed by atoms with van der Waals surface area (Å²) in [5.74, 6) is -0.136. The Hall–Kier alpha value is -3.39. The van der Waals surface area contributed by atoms with Crippen LogP contribution in [0.1, 0.15) is 39.9 Å². The van der Waals surface area contributed by atoms with Crippen molar-refractivity contribution in [1.82, 2.24) is 19.8 Å². The third-order valence-electron chi connectivity index (χ3n) is 6.66. The zero-order chi connectivity index (χ0) is 22.8. The average molecular weight is 449 g/mol. The van der Waals surface area contributed by atoms with Crippen LogP contribution in [-0.4, -0.2) is 64.4 Å². The van der Waals surface area contributed by atoms with Gasteiger partial charge in [-0.25, -0.2) is 0 Å². The van der Waals surface area contributed by atoms with Gasteiger partial charge in [0.1, 0.15) is 5.56 Å². The predicted octanol–water partition coefficient (Wildman–Crippen LogP) is 2.24. The zero-order valence-electron chi connectivity index (χ0n) is 18.6. The molecule has 4 heterocycles. The van der Waals surface area contributed by atoms with Gasteiger partial charge in [-0.2, -0.15) is 0 Å². The molecule has 8 heteroatoms. The first-order valence-electron chi connectivity index (χ1n) is 11.5. The van der Waals surface area contributed by atoms with Crippen molar-refractivity contribution in [3.63, 3.8) is 0 Å². The first-order valence-corrected chi connectivity index (χ1v) is 11.5. The molecule has 1 saturated heterocycles. The number of hydrogen-bond donors (Lipinski definition) is 2. The summed E-state index contributed by atoms with van der Waals surface area (Å²) in [7, 11) is 0. The summed E-state index contributed by atoms with van der Waals surface area (Å²) >= 11 is 0. The van der Waals surface area contributed by atoms with E-state index >= 15 is 0 Å². The van der Waals surface area contributed by atoms with Crippen LogP contribution in [0.25, 0.3) is 10.9 Å². The fraction of sp³-hybridized carbons (Fsp3) is 0.400. The van der Waals surface area contributed by atoms with E-state index in [4.69, 9.17) is 4.74 Å². The van der Waals surface area contributed by atoms with E-state index in [2.05, 4.69) is 22.1 Å². The van der Waals surface area contributed by atoms with E-state index in [-0.39, 0.29) is 22.9 Å². The van der Waals surface area contributed by atoms with Gasteiger partial charge in [0, 0.05) is 55.9 Å². The number of aromatic amines is 2. The van der Waals surface area contributed by atoms with Gasteiger partial charge in [0.15, 0.2) is 0 Å². The highest BCUT2D eigenvalue weighted by Crippen LogP contribution is 2.23. The van der Waals surface area contributed by atoms with Crippen molar-refractivity contribution in [3.05, 3.63) is 69.3 Å². The molecule has 3 aromatic rings. The number of carbonyl (C=O) groups is 2. The normalized spacial score (nSPS) is 16.1. The maximum Gasteiger partial charge on any atom is 0.261 e. The maximum atomic E-state index is 13.0. The van der Waals surface area contributed by atoms with Crippen LogP contribution in [0.5, 0.6) is 0 Å². The monoisotopic (exact) mass is 448 g/mol. The number of ether oxygens (including phenoxy) is 1. The molecule has 33 heavy (non-hydrogen) atoms. The molecule has 2 N–H and O–H groups in total. The minimum Gasteiger partial charge on any atom is -0.378 e. The topological polar surface area (TPSA) is 98.5 Å². The van der Waals surface area contributed by atoms with Crippen LogP contribution >= 0.6 is 0 Å². The van der Waals surface area contributed by atoms with Crippen LogP contribution < -0.4 is 5.56 Å². The molecule has 0 atom stereocenters.